The number of H-pyrrole nitrogens is 1. The van der Waals surface area contributed by atoms with Crippen LogP contribution in [0.2, 0.25) is 0 Å². The van der Waals surface area contributed by atoms with Gasteiger partial charge in [-0.05, 0) is 12.1 Å². The number of hydrogen-bond donors (Lipinski definition) is 1. The van der Waals surface area contributed by atoms with Crippen LogP contribution in [0.5, 0.6) is 0 Å². The van der Waals surface area contributed by atoms with Crippen molar-refractivity contribution in [1.29, 1.82) is 0 Å². The molecule has 4 nitrogen and oxygen atoms in total. The molecule has 1 heterocycles. The third kappa shape index (κ3) is 3.08. The fourth-order valence-electron chi connectivity index (χ4n) is 1.24. The average Bonchev–Trinajstić information content (AvgIpc) is 2.17. The predicted molar refractivity (Wildman–Crippen MR) is 49.2 cm³/mol. The molecular weight excluding hydrogens is 264 g/mol. The third-order valence-corrected chi connectivity index (χ3v) is 1.99. The van der Waals surface area contributed by atoms with Crippen LogP contribution >= 0.6 is 0 Å². The van der Waals surface area contributed by atoms with Gasteiger partial charge in [-0.25, -0.2) is 0 Å². The van der Waals surface area contributed by atoms with Crippen LogP contribution in [0.4, 0.5) is 13.2 Å². The molecule has 1 aromatic carbocycles. The Bertz CT molecular complexity index is 660. The number of halogens is 3. The summed E-state index contributed by atoms with van der Waals surface area (Å²) < 4.78 is 37.0. The summed E-state index contributed by atoms with van der Waals surface area (Å²) in [5.41, 5.74) is -3.06. The molecule has 84 valence electrons. The van der Waals surface area contributed by atoms with Crippen LogP contribution in [0.3, 0.4) is 0 Å². The quantitative estimate of drug-likeness (QED) is 0.438. The molecule has 0 bridgehead atoms. The first-order valence-electron chi connectivity index (χ1n) is 4.16. The summed E-state index contributed by atoms with van der Waals surface area (Å²) in [5, 5.41) is 0. The van der Waals surface area contributed by atoms with Crippen LogP contribution in [0, 0.1) is 0 Å². The van der Waals surface area contributed by atoms with E-state index in [0.29, 0.717) is 6.07 Å². The summed E-state index contributed by atoms with van der Waals surface area (Å²) >= 11 is 0. The maximum absolute atomic E-state index is 12.3. The topological polar surface area (TPSA) is 64.0 Å². The molecule has 0 amide bonds. The summed E-state index contributed by atoms with van der Waals surface area (Å²) in [6.45, 7) is 0. The van der Waals surface area contributed by atoms with Gasteiger partial charge in [-0.1, -0.05) is 6.07 Å². The molecule has 0 unspecified atom stereocenters. The molecule has 0 fully saturated rings. The van der Waals surface area contributed by atoms with Gasteiger partial charge >= 0.3 is 57.6 Å². The maximum atomic E-state index is 12.3. The number of fused-ring (bicyclic) bond motifs is 1. The molecule has 0 saturated carbocycles. The molecule has 0 aliphatic carbocycles. The number of nitrogens with one attached hydrogen (secondary N) is 1. The molecule has 17 heavy (non-hydrogen) atoms. The Hall–Kier alpha value is -0.414. The van der Waals surface area contributed by atoms with Crippen molar-refractivity contribution in [2.45, 2.75) is 6.18 Å². The Morgan fingerprint density at radius 2 is 1.82 bits per heavy atom. The van der Waals surface area contributed by atoms with Crippen molar-refractivity contribution in [3.63, 3.8) is 0 Å². The molecule has 0 radical (unpaired) electrons. The second kappa shape index (κ2) is 5.07. The first kappa shape index (κ1) is 14.6. The van der Waals surface area contributed by atoms with Gasteiger partial charge in [0.1, 0.15) is 5.56 Å². The van der Waals surface area contributed by atoms with E-state index < -0.39 is 22.9 Å². The minimum atomic E-state index is -4.50. The van der Waals surface area contributed by atoms with Crippen molar-refractivity contribution in [3.05, 3.63) is 44.5 Å². The van der Waals surface area contributed by atoms with Crippen LogP contribution in [0.1, 0.15) is 5.56 Å². The second-order valence-corrected chi connectivity index (χ2v) is 3.10. The summed E-state index contributed by atoms with van der Waals surface area (Å²) in [7, 11) is 0. The SMILES string of the molecule is O=c1[n-]c2cc(C(F)(F)F)ccc2[nH]c1=O.[K+]. The first-order valence-corrected chi connectivity index (χ1v) is 4.16. The molecule has 0 aliphatic heterocycles. The zero-order valence-electron chi connectivity index (χ0n) is 8.63. The van der Waals surface area contributed by atoms with Crippen molar-refractivity contribution in [3.8, 4) is 0 Å². The number of aromatic amines is 1. The van der Waals surface area contributed by atoms with E-state index in [1.165, 1.54) is 0 Å². The molecule has 1 N–H and O–H groups in total. The van der Waals surface area contributed by atoms with Crippen molar-refractivity contribution in [2.75, 3.05) is 0 Å². The van der Waals surface area contributed by atoms with Crippen LogP contribution in [-0.4, -0.2) is 4.98 Å². The average molecular weight is 268 g/mol. The predicted octanol–water partition coefficient (Wildman–Crippen LogP) is -2.13. The van der Waals surface area contributed by atoms with Gasteiger partial charge in [0.15, 0.2) is 0 Å². The van der Waals surface area contributed by atoms with E-state index in [1.807, 2.05) is 0 Å². The number of nitrogens with zero attached hydrogens (tertiary/aromatic N) is 1. The normalized spacial score (nSPS) is 11.2. The van der Waals surface area contributed by atoms with Gasteiger partial charge in [0.05, 0.1) is 5.56 Å². The van der Waals surface area contributed by atoms with Gasteiger partial charge in [0.25, 0.3) is 5.56 Å². The van der Waals surface area contributed by atoms with E-state index >= 15 is 0 Å². The Morgan fingerprint density at radius 3 is 2.41 bits per heavy atom. The Kier molecular flexibility index (Phi) is 4.36. The zero-order valence-corrected chi connectivity index (χ0v) is 11.8. The smallest absolute Gasteiger partial charge is 0.617 e. The van der Waals surface area contributed by atoms with Gasteiger partial charge in [0, 0.05) is 5.52 Å². The van der Waals surface area contributed by atoms with Crippen LogP contribution in [0.25, 0.3) is 11.0 Å². The van der Waals surface area contributed by atoms with Crippen molar-refractivity contribution in [1.82, 2.24) is 9.97 Å². The standard InChI is InChI=1S/C9H5F3N2O2.K/c10-9(11,12)4-1-2-5-6(3-4)14-8(16)7(15)13-5;/h1-3H,(H2,13,14,15,16);/q;+1/p-1. The molecule has 1 aromatic heterocycles. The van der Waals surface area contributed by atoms with E-state index in [4.69, 9.17) is 0 Å². The maximum Gasteiger partial charge on any atom is 1.00 e. The largest absolute Gasteiger partial charge is 1.00 e. The van der Waals surface area contributed by atoms with Crippen molar-refractivity contribution in [2.24, 2.45) is 0 Å². The summed E-state index contributed by atoms with van der Waals surface area (Å²) in [5.74, 6) is 0. The Balaban J connectivity index is 0.00000144. The molecule has 2 aromatic rings. The van der Waals surface area contributed by atoms with E-state index in [1.54, 1.807) is 0 Å². The van der Waals surface area contributed by atoms with Gasteiger partial charge < -0.3 is 14.8 Å². The number of hydrogen-bond acceptors (Lipinski definition) is 2. The fraction of sp³-hybridized carbons (Fsp3) is 0.111. The fourth-order valence-corrected chi connectivity index (χ4v) is 1.24. The van der Waals surface area contributed by atoms with Crippen LogP contribution in [-0.2, 0) is 6.18 Å². The number of alkyl halides is 3. The first-order chi connectivity index (χ1) is 7.38. The van der Waals surface area contributed by atoms with Crippen LogP contribution < -0.4 is 67.5 Å². The van der Waals surface area contributed by atoms with Gasteiger partial charge in [-0.2, -0.15) is 13.2 Å². The van der Waals surface area contributed by atoms with Gasteiger partial charge in [-0.3, -0.25) is 4.79 Å². The van der Waals surface area contributed by atoms with E-state index in [2.05, 4.69) is 9.97 Å². The molecule has 0 atom stereocenters. The minimum absolute atomic E-state index is 0. The Morgan fingerprint density at radius 1 is 1.18 bits per heavy atom. The second-order valence-electron chi connectivity index (χ2n) is 3.10. The Labute approximate surface area is 135 Å². The van der Waals surface area contributed by atoms with Gasteiger partial charge in [0.2, 0.25) is 0 Å². The molecule has 0 saturated heterocycles. The van der Waals surface area contributed by atoms with E-state index in [0.717, 1.165) is 12.1 Å². The third-order valence-electron chi connectivity index (χ3n) is 1.99. The molecule has 0 spiro atoms. The molecular formula is C9H4F3KN2O2. The molecule has 2 rings (SSSR count). The number of rotatable bonds is 0. The van der Waals surface area contributed by atoms with Gasteiger partial charge in [-0.15, -0.1) is 5.52 Å². The monoisotopic (exact) mass is 268 g/mol. The van der Waals surface area contributed by atoms with Crippen molar-refractivity contribution >= 4 is 11.0 Å². The number of benzene rings is 1. The summed E-state index contributed by atoms with van der Waals surface area (Å²) in [4.78, 5) is 27.1. The number of aromatic nitrogens is 2. The van der Waals surface area contributed by atoms with Crippen LogP contribution in [0.15, 0.2) is 27.8 Å². The minimum Gasteiger partial charge on any atom is -0.617 e. The molecule has 0 aliphatic rings. The summed E-state index contributed by atoms with van der Waals surface area (Å²) in [6, 6.07) is 2.59. The molecule has 8 heteroatoms. The van der Waals surface area contributed by atoms with E-state index in [-0.39, 0.29) is 62.4 Å². The zero-order chi connectivity index (χ0) is 11.9. The summed E-state index contributed by atoms with van der Waals surface area (Å²) in [6.07, 6.45) is -4.50. The van der Waals surface area contributed by atoms with Crippen molar-refractivity contribution < 1.29 is 64.6 Å². The van der Waals surface area contributed by atoms with E-state index in [9.17, 15) is 22.8 Å².